The van der Waals surface area contributed by atoms with Gasteiger partial charge in [-0.15, -0.1) is 0 Å². The number of para-hydroxylation sites is 1. The molecule has 0 fully saturated rings. The van der Waals surface area contributed by atoms with Crippen LogP contribution in [0.15, 0.2) is 54.6 Å². The van der Waals surface area contributed by atoms with E-state index in [2.05, 4.69) is 12.1 Å². The Morgan fingerprint density at radius 3 is 2.58 bits per heavy atom. The fourth-order valence-electron chi connectivity index (χ4n) is 2.48. The van der Waals surface area contributed by atoms with Crippen molar-refractivity contribution in [2.75, 3.05) is 6.61 Å². The highest BCUT2D eigenvalue weighted by molar-refractivity contribution is 6.01. The number of Topliss-reactive ketones (excluding diaryl/α,β-unsaturated/α-hetero) is 1. The molecule has 1 atom stereocenters. The molecule has 2 nitrogen and oxygen atoms in total. The van der Waals surface area contributed by atoms with Crippen molar-refractivity contribution in [2.45, 2.75) is 12.8 Å². The summed E-state index contributed by atoms with van der Waals surface area (Å²) in [5.41, 5.74) is 2.00. The summed E-state index contributed by atoms with van der Waals surface area (Å²) in [6.07, 6.45) is 1.76. The van der Waals surface area contributed by atoms with Crippen molar-refractivity contribution in [1.82, 2.24) is 0 Å². The molecule has 0 saturated carbocycles. The minimum atomic E-state index is -0.0184. The second-order valence-electron chi connectivity index (χ2n) is 4.89. The standard InChI is InChI=1S/C17H16O2/c18-17-14(11-10-13-6-2-1-3-7-13)12-19-16-9-5-4-8-15(16)17/h1-9,14H,10-12H2. The fraction of sp³-hybridized carbons (Fsp3) is 0.235. The molecule has 19 heavy (non-hydrogen) atoms. The Morgan fingerprint density at radius 1 is 1.00 bits per heavy atom. The van der Waals surface area contributed by atoms with E-state index in [9.17, 15) is 4.79 Å². The summed E-state index contributed by atoms with van der Waals surface area (Å²) in [5.74, 6) is 0.927. The zero-order valence-corrected chi connectivity index (χ0v) is 10.7. The van der Waals surface area contributed by atoms with Crippen LogP contribution in [0.4, 0.5) is 0 Å². The Bertz CT molecular complexity index is 575. The van der Waals surface area contributed by atoms with Crippen LogP contribution in [0.2, 0.25) is 0 Å². The van der Waals surface area contributed by atoms with E-state index in [4.69, 9.17) is 4.74 Å². The lowest BCUT2D eigenvalue weighted by Gasteiger charge is -2.23. The molecule has 1 unspecified atom stereocenters. The van der Waals surface area contributed by atoms with Crippen LogP contribution in [0.3, 0.4) is 0 Å². The molecular formula is C17H16O2. The smallest absolute Gasteiger partial charge is 0.173 e. The van der Waals surface area contributed by atoms with E-state index >= 15 is 0 Å². The summed E-state index contributed by atoms with van der Waals surface area (Å²) in [5, 5.41) is 0. The van der Waals surface area contributed by atoms with Crippen LogP contribution in [0.25, 0.3) is 0 Å². The normalized spacial score (nSPS) is 17.7. The van der Waals surface area contributed by atoms with Gasteiger partial charge < -0.3 is 4.74 Å². The summed E-state index contributed by atoms with van der Waals surface area (Å²) >= 11 is 0. The average molecular weight is 252 g/mol. The van der Waals surface area contributed by atoms with E-state index in [0.717, 1.165) is 24.2 Å². The highest BCUT2D eigenvalue weighted by Gasteiger charge is 2.27. The quantitative estimate of drug-likeness (QED) is 0.835. The highest BCUT2D eigenvalue weighted by atomic mass is 16.5. The van der Waals surface area contributed by atoms with Crippen LogP contribution in [0.5, 0.6) is 5.75 Å². The van der Waals surface area contributed by atoms with Crippen molar-refractivity contribution >= 4 is 5.78 Å². The molecule has 1 heterocycles. The van der Waals surface area contributed by atoms with Gasteiger partial charge in [0.1, 0.15) is 5.75 Å². The van der Waals surface area contributed by atoms with E-state index in [0.29, 0.717) is 6.61 Å². The van der Waals surface area contributed by atoms with Gasteiger partial charge in [-0.25, -0.2) is 0 Å². The number of hydrogen-bond acceptors (Lipinski definition) is 2. The first-order chi connectivity index (χ1) is 9.34. The molecule has 0 N–H and O–H groups in total. The molecule has 0 saturated heterocycles. The minimum Gasteiger partial charge on any atom is -0.492 e. The zero-order chi connectivity index (χ0) is 13.1. The van der Waals surface area contributed by atoms with Crippen molar-refractivity contribution in [1.29, 1.82) is 0 Å². The van der Waals surface area contributed by atoms with Gasteiger partial charge in [0.05, 0.1) is 18.1 Å². The summed E-state index contributed by atoms with van der Waals surface area (Å²) in [6, 6.07) is 17.8. The number of aryl methyl sites for hydroxylation is 1. The van der Waals surface area contributed by atoms with Gasteiger partial charge in [0, 0.05) is 0 Å². The predicted octanol–water partition coefficient (Wildman–Crippen LogP) is 3.51. The first kappa shape index (κ1) is 12.0. The van der Waals surface area contributed by atoms with Gasteiger partial charge in [0.15, 0.2) is 5.78 Å². The molecule has 0 aromatic heterocycles. The molecule has 0 aliphatic carbocycles. The summed E-state index contributed by atoms with van der Waals surface area (Å²) < 4.78 is 5.67. The largest absolute Gasteiger partial charge is 0.492 e. The topological polar surface area (TPSA) is 26.3 Å². The zero-order valence-electron chi connectivity index (χ0n) is 10.7. The lowest BCUT2D eigenvalue weighted by atomic mass is 9.90. The van der Waals surface area contributed by atoms with Gasteiger partial charge in [0.25, 0.3) is 0 Å². The molecule has 2 aromatic rings. The van der Waals surface area contributed by atoms with Crippen LogP contribution >= 0.6 is 0 Å². The number of carbonyl (C=O) groups is 1. The number of ether oxygens (including phenoxy) is 1. The maximum absolute atomic E-state index is 12.4. The third-order valence-electron chi connectivity index (χ3n) is 3.59. The van der Waals surface area contributed by atoms with Gasteiger partial charge >= 0.3 is 0 Å². The van der Waals surface area contributed by atoms with Gasteiger partial charge in [-0.1, -0.05) is 42.5 Å². The van der Waals surface area contributed by atoms with Crippen molar-refractivity contribution in [3.05, 3.63) is 65.7 Å². The SMILES string of the molecule is O=C1c2ccccc2OCC1CCc1ccccc1. The lowest BCUT2D eigenvalue weighted by Crippen LogP contribution is -2.28. The number of benzene rings is 2. The summed E-state index contributed by atoms with van der Waals surface area (Å²) in [4.78, 5) is 12.4. The van der Waals surface area contributed by atoms with Crippen molar-refractivity contribution in [3.8, 4) is 5.75 Å². The number of fused-ring (bicyclic) bond motifs is 1. The monoisotopic (exact) mass is 252 g/mol. The maximum atomic E-state index is 12.4. The molecule has 0 spiro atoms. The molecular weight excluding hydrogens is 236 g/mol. The van der Waals surface area contributed by atoms with Crippen LogP contribution in [0, 0.1) is 5.92 Å². The van der Waals surface area contributed by atoms with Crippen molar-refractivity contribution in [3.63, 3.8) is 0 Å². The van der Waals surface area contributed by atoms with Gasteiger partial charge in [-0.05, 0) is 30.5 Å². The average Bonchev–Trinajstić information content (AvgIpc) is 2.48. The number of ketones is 1. The Labute approximate surface area is 113 Å². The number of rotatable bonds is 3. The van der Waals surface area contributed by atoms with E-state index in [1.807, 2.05) is 42.5 Å². The summed E-state index contributed by atoms with van der Waals surface area (Å²) in [6.45, 7) is 0.503. The molecule has 0 bridgehead atoms. The van der Waals surface area contributed by atoms with Crippen molar-refractivity contribution in [2.24, 2.45) is 5.92 Å². The van der Waals surface area contributed by atoms with E-state index in [-0.39, 0.29) is 11.7 Å². The van der Waals surface area contributed by atoms with Crippen LogP contribution < -0.4 is 4.74 Å². The second kappa shape index (κ2) is 5.27. The third-order valence-corrected chi connectivity index (χ3v) is 3.59. The Morgan fingerprint density at radius 2 is 1.74 bits per heavy atom. The van der Waals surface area contributed by atoms with Gasteiger partial charge in [-0.2, -0.15) is 0 Å². The first-order valence-electron chi connectivity index (χ1n) is 6.64. The molecule has 1 aliphatic heterocycles. The first-order valence-corrected chi connectivity index (χ1v) is 6.64. The second-order valence-corrected chi connectivity index (χ2v) is 4.89. The Kier molecular flexibility index (Phi) is 3.32. The molecule has 1 aliphatic rings. The van der Waals surface area contributed by atoms with E-state index in [1.54, 1.807) is 0 Å². The Hall–Kier alpha value is -2.09. The third kappa shape index (κ3) is 2.53. The number of hydrogen-bond donors (Lipinski definition) is 0. The molecule has 0 radical (unpaired) electrons. The van der Waals surface area contributed by atoms with Crippen LogP contribution in [0.1, 0.15) is 22.3 Å². The predicted molar refractivity (Wildman–Crippen MR) is 74.5 cm³/mol. The van der Waals surface area contributed by atoms with Crippen molar-refractivity contribution < 1.29 is 9.53 Å². The van der Waals surface area contributed by atoms with E-state index < -0.39 is 0 Å². The van der Waals surface area contributed by atoms with E-state index in [1.165, 1.54) is 5.56 Å². The molecule has 2 aromatic carbocycles. The Balaban J connectivity index is 1.69. The molecule has 2 heteroatoms. The maximum Gasteiger partial charge on any atom is 0.173 e. The van der Waals surface area contributed by atoms with Crippen LogP contribution in [-0.4, -0.2) is 12.4 Å². The molecule has 96 valence electrons. The minimum absolute atomic E-state index is 0.0184. The fourth-order valence-corrected chi connectivity index (χ4v) is 2.48. The number of carbonyl (C=O) groups excluding carboxylic acids is 1. The van der Waals surface area contributed by atoms with Gasteiger partial charge in [-0.3, -0.25) is 4.79 Å². The van der Waals surface area contributed by atoms with Gasteiger partial charge in [0.2, 0.25) is 0 Å². The molecule has 0 amide bonds. The lowest BCUT2D eigenvalue weighted by molar-refractivity contribution is 0.0821. The van der Waals surface area contributed by atoms with Crippen LogP contribution in [-0.2, 0) is 6.42 Å². The molecule has 3 rings (SSSR count). The summed E-state index contributed by atoms with van der Waals surface area (Å²) in [7, 11) is 0. The highest BCUT2D eigenvalue weighted by Crippen LogP contribution is 2.28.